The fraction of sp³-hybridized carbons (Fsp3) is 0.200. The van der Waals surface area contributed by atoms with Gasteiger partial charge in [0.05, 0.1) is 13.5 Å². The molecule has 0 bridgehead atoms. The Hall–Kier alpha value is -3.88. The molecular formula is C20H22N4O5. The largest absolute Gasteiger partial charge is 0.497 e. The molecule has 0 spiro atoms. The monoisotopic (exact) mass is 398 g/mol. The first-order valence-corrected chi connectivity index (χ1v) is 8.65. The van der Waals surface area contributed by atoms with Crippen LogP contribution in [0.1, 0.15) is 11.1 Å². The Morgan fingerprint density at radius 2 is 1.69 bits per heavy atom. The molecule has 5 N–H and O–H groups in total. The van der Waals surface area contributed by atoms with Crippen molar-refractivity contribution in [1.82, 2.24) is 4.90 Å². The number of carbonyl (C=O) groups excluding carboxylic acids is 2. The Labute approximate surface area is 167 Å². The van der Waals surface area contributed by atoms with Crippen LogP contribution in [0.2, 0.25) is 0 Å². The van der Waals surface area contributed by atoms with Gasteiger partial charge in [-0.25, -0.2) is 0 Å². The van der Waals surface area contributed by atoms with Crippen LogP contribution in [-0.4, -0.2) is 53.8 Å². The number of amides is 2. The van der Waals surface area contributed by atoms with Crippen LogP contribution in [0.5, 0.6) is 5.75 Å². The van der Waals surface area contributed by atoms with Crippen LogP contribution in [0.25, 0.3) is 0 Å². The van der Waals surface area contributed by atoms with Gasteiger partial charge in [-0.3, -0.25) is 19.8 Å². The van der Waals surface area contributed by atoms with Gasteiger partial charge in [0.2, 0.25) is 11.8 Å². The summed E-state index contributed by atoms with van der Waals surface area (Å²) < 4.78 is 5.06. The van der Waals surface area contributed by atoms with Crippen molar-refractivity contribution in [2.45, 2.75) is 6.42 Å². The van der Waals surface area contributed by atoms with Gasteiger partial charge < -0.3 is 25.8 Å². The Morgan fingerprint density at radius 3 is 2.21 bits per heavy atom. The average molecular weight is 398 g/mol. The van der Waals surface area contributed by atoms with E-state index in [1.165, 1.54) is 7.11 Å². The zero-order valence-electron chi connectivity index (χ0n) is 15.8. The van der Waals surface area contributed by atoms with Crippen molar-refractivity contribution in [3.8, 4) is 5.75 Å². The molecule has 29 heavy (non-hydrogen) atoms. The predicted octanol–water partition coefficient (Wildman–Crippen LogP) is 1.07. The number of carboxylic acids is 1. The van der Waals surface area contributed by atoms with E-state index >= 15 is 0 Å². The van der Waals surface area contributed by atoms with Crippen molar-refractivity contribution in [2.24, 2.45) is 5.73 Å². The van der Waals surface area contributed by atoms with E-state index in [9.17, 15) is 14.4 Å². The number of methoxy groups -OCH3 is 1. The summed E-state index contributed by atoms with van der Waals surface area (Å²) in [5.41, 5.74) is 7.00. The van der Waals surface area contributed by atoms with E-state index in [0.717, 1.165) is 4.90 Å². The number of amidine groups is 1. The first kappa shape index (κ1) is 21.4. The lowest BCUT2D eigenvalue weighted by Gasteiger charge is -2.20. The molecule has 0 fully saturated rings. The van der Waals surface area contributed by atoms with Crippen molar-refractivity contribution in [3.63, 3.8) is 0 Å². The van der Waals surface area contributed by atoms with E-state index in [4.69, 9.17) is 21.0 Å². The lowest BCUT2D eigenvalue weighted by atomic mass is 10.1. The molecule has 0 heterocycles. The number of benzene rings is 2. The predicted molar refractivity (Wildman–Crippen MR) is 107 cm³/mol. The summed E-state index contributed by atoms with van der Waals surface area (Å²) in [6, 6.07) is 13.1. The highest BCUT2D eigenvalue weighted by atomic mass is 16.5. The van der Waals surface area contributed by atoms with Crippen molar-refractivity contribution in [1.29, 1.82) is 5.41 Å². The van der Waals surface area contributed by atoms with E-state index in [-0.39, 0.29) is 12.3 Å². The zero-order chi connectivity index (χ0) is 21.4. The molecule has 0 aliphatic heterocycles. The van der Waals surface area contributed by atoms with Crippen LogP contribution in [0.15, 0.2) is 48.5 Å². The summed E-state index contributed by atoms with van der Waals surface area (Å²) in [6.07, 6.45) is -0.0438. The molecule has 2 rings (SSSR count). The van der Waals surface area contributed by atoms with Gasteiger partial charge in [-0.05, 0) is 42.0 Å². The quantitative estimate of drug-likeness (QED) is 0.367. The molecule has 9 heteroatoms. The smallest absolute Gasteiger partial charge is 0.323 e. The van der Waals surface area contributed by atoms with E-state index in [0.29, 0.717) is 22.6 Å². The number of rotatable bonds is 9. The minimum absolute atomic E-state index is 0.0438. The van der Waals surface area contributed by atoms with Gasteiger partial charge in [0.15, 0.2) is 0 Å². The Morgan fingerprint density at radius 1 is 1.07 bits per heavy atom. The minimum Gasteiger partial charge on any atom is -0.497 e. The van der Waals surface area contributed by atoms with Gasteiger partial charge in [-0.1, -0.05) is 12.1 Å². The maximum absolute atomic E-state index is 12.5. The number of nitrogens with one attached hydrogen (secondary N) is 2. The van der Waals surface area contributed by atoms with Gasteiger partial charge in [-0.2, -0.15) is 0 Å². The van der Waals surface area contributed by atoms with E-state index in [1.54, 1.807) is 48.5 Å². The number of nitrogens with two attached hydrogens (primary N) is 1. The lowest BCUT2D eigenvalue weighted by molar-refractivity contribution is -0.145. The molecule has 0 aliphatic rings. The third-order valence-electron chi connectivity index (χ3n) is 4.01. The second-order valence-corrected chi connectivity index (χ2v) is 6.21. The number of hydrogen-bond donors (Lipinski definition) is 4. The fourth-order valence-corrected chi connectivity index (χ4v) is 2.53. The van der Waals surface area contributed by atoms with Crippen molar-refractivity contribution in [2.75, 3.05) is 25.5 Å². The maximum atomic E-state index is 12.5. The SMILES string of the molecule is COc1ccc(CC(=O)N(CC(=O)O)CC(=O)Nc2ccc(C(=N)N)cc2)cc1. The highest BCUT2D eigenvalue weighted by Gasteiger charge is 2.20. The molecule has 0 radical (unpaired) electrons. The summed E-state index contributed by atoms with van der Waals surface area (Å²) in [7, 11) is 1.53. The number of nitrogen functional groups attached to an aromatic ring is 1. The van der Waals surface area contributed by atoms with Crippen molar-refractivity contribution >= 4 is 29.3 Å². The summed E-state index contributed by atoms with van der Waals surface area (Å²) in [6.45, 7) is -0.999. The maximum Gasteiger partial charge on any atom is 0.323 e. The van der Waals surface area contributed by atoms with Crippen LogP contribution >= 0.6 is 0 Å². The summed E-state index contributed by atoms with van der Waals surface area (Å²) in [4.78, 5) is 36.9. The van der Waals surface area contributed by atoms with Gasteiger partial charge in [0, 0.05) is 11.3 Å². The second kappa shape index (κ2) is 9.88. The zero-order valence-corrected chi connectivity index (χ0v) is 15.8. The fourth-order valence-electron chi connectivity index (χ4n) is 2.53. The van der Waals surface area contributed by atoms with Crippen LogP contribution in [0.4, 0.5) is 5.69 Å². The van der Waals surface area contributed by atoms with E-state index in [1.807, 2.05) is 0 Å². The molecular weight excluding hydrogens is 376 g/mol. The number of nitrogens with zero attached hydrogens (tertiary/aromatic N) is 1. The van der Waals surface area contributed by atoms with E-state index < -0.39 is 30.9 Å². The Bertz CT molecular complexity index is 894. The number of aliphatic carboxylic acids is 1. The molecule has 2 aromatic carbocycles. The third-order valence-corrected chi connectivity index (χ3v) is 4.01. The van der Waals surface area contributed by atoms with Crippen LogP contribution in [0, 0.1) is 5.41 Å². The molecule has 0 saturated carbocycles. The van der Waals surface area contributed by atoms with E-state index in [2.05, 4.69) is 5.32 Å². The number of hydrogen-bond acceptors (Lipinski definition) is 5. The molecule has 9 nitrogen and oxygen atoms in total. The Kier molecular flexibility index (Phi) is 7.30. The standard InChI is InChI=1S/C20H22N4O5/c1-29-16-8-2-13(3-9-16)10-18(26)24(12-19(27)28)11-17(25)23-15-6-4-14(5-7-15)20(21)22/h2-9H,10-12H2,1H3,(H3,21,22)(H,23,25)(H,27,28). The summed E-state index contributed by atoms with van der Waals surface area (Å²) in [5, 5.41) is 19.0. The van der Waals surface area contributed by atoms with Crippen LogP contribution in [-0.2, 0) is 20.8 Å². The van der Waals surface area contributed by atoms with Gasteiger partial charge in [0.25, 0.3) is 0 Å². The molecule has 152 valence electrons. The van der Waals surface area contributed by atoms with Crippen molar-refractivity contribution < 1.29 is 24.2 Å². The summed E-state index contributed by atoms with van der Waals surface area (Å²) >= 11 is 0. The number of ether oxygens (including phenoxy) is 1. The third kappa shape index (κ3) is 6.65. The molecule has 0 atom stereocenters. The first-order valence-electron chi connectivity index (χ1n) is 8.65. The Balaban J connectivity index is 2.02. The second-order valence-electron chi connectivity index (χ2n) is 6.21. The molecule has 0 unspecified atom stereocenters. The van der Waals surface area contributed by atoms with Crippen LogP contribution < -0.4 is 15.8 Å². The van der Waals surface area contributed by atoms with Gasteiger partial charge >= 0.3 is 5.97 Å². The number of anilines is 1. The normalized spacial score (nSPS) is 10.1. The number of carbonyl (C=O) groups is 3. The average Bonchev–Trinajstić information content (AvgIpc) is 2.68. The molecule has 0 aromatic heterocycles. The topological polar surface area (TPSA) is 146 Å². The van der Waals surface area contributed by atoms with Gasteiger partial charge in [-0.15, -0.1) is 0 Å². The highest BCUT2D eigenvalue weighted by Crippen LogP contribution is 2.13. The molecule has 2 aromatic rings. The molecule has 2 amide bonds. The van der Waals surface area contributed by atoms with Crippen LogP contribution in [0.3, 0.4) is 0 Å². The first-order chi connectivity index (χ1) is 13.8. The molecule has 0 saturated heterocycles. The summed E-state index contributed by atoms with van der Waals surface area (Å²) in [5.74, 6) is -1.70. The highest BCUT2D eigenvalue weighted by molar-refractivity contribution is 5.97. The number of carboxylic acid groups (broad SMARTS) is 1. The minimum atomic E-state index is -1.22. The van der Waals surface area contributed by atoms with Gasteiger partial charge in [0.1, 0.15) is 24.7 Å². The van der Waals surface area contributed by atoms with Crippen molar-refractivity contribution in [3.05, 3.63) is 59.7 Å². The lowest BCUT2D eigenvalue weighted by Crippen LogP contribution is -2.41. The molecule has 0 aliphatic carbocycles.